The first-order chi connectivity index (χ1) is 9.66. The molecular weight excluding hydrogens is 250 g/mol. The summed E-state index contributed by atoms with van der Waals surface area (Å²) < 4.78 is 0. The second-order valence-corrected chi connectivity index (χ2v) is 5.46. The largest absolute Gasteiger partial charge is 0.331 e. The highest BCUT2D eigenvalue weighted by Crippen LogP contribution is 2.30. The first-order valence-electron chi connectivity index (χ1n) is 7.03. The molecule has 1 aliphatic rings. The molecule has 0 atom stereocenters. The number of carbonyl (C=O) groups is 1. The monoisotopic (exact) mass is 269 g/mol. The normalized spacial score (nSPS) is 14.3. The van der Waals surface area contributed by atoms with Crippen LogP contribution in [0.3, 0.4) is 0 Å². The lowest BCUT2D eigenvalue weighted by atomic mass is 10.1. The van der Waals surface area contributed by atoms with E-state index in [1.54, 1.807) is 0 Å². The zero-order valence-electron chi connectivity index (χ0n) is 11.9. The lowest BCUT2D eigenvalue weighted by Gasteiger charge is -2.22. The van der Waals surface area contributed by atoms with E-state index in [4.69, 9.17) is 0 Å². The van der Waals surface area contributed by atoms with Crippen LogP contribution in [0.2, 0.25) is 0 Å². The number of aromatic amines is 1. The fourth-order valence-corrected chi connectivity index (χ4v) is 2.54. The highest BCUT2D eigenvalue weighted by molar-refractivity contribution is 5.96. The van der Waals surface area contributed by atoms with Crippen LogP contribution in [0.1, 0.15) is 40.2 Å². The summed E-state index contributed by atoms with van der Waals surface area (Å²) in [5.41, 5.74) is 3.54. The van der Waals surface area contributed by atoms with Crippen molar-refractivity contribution in [3.63, 3.8) is 0 Å². The summed E-state index contributed by atoms with van der Waals surface area (Å²) in [6, 6.07) is 10.5. The molecule has 0 saturated heterocycles. The van der Waals surface area contributed by atoms with Crippen molar-refractivity contribution >= 4 is 5.91 Å². The van der Waals surface area contributed by atoms with Crippen molar-refractivity contribution < 1.29 is 4.79 Å². The van der Waals surface area contributed by atoms with Gasteiger partial charge in [0, 0.05) is 18.3 Å². The van der Waals surface area contributed by atoms with Gasteiger partial charge in [-0.15, -0.1) is 0 Å². The first-order valence-corrected chi connectivity index (χ1v) is 7.03. The lowest BCUT2D eigenvalue weighted by Crippen LogP contribution is -2.33. The van der Waals surface area contributed by atoms with Crippen molar-refractivity contribution in [3.05, 3.63) is 52.8 Å². The van der Waals surface area contributed by atoms with Gasteiger partial charge in [0.25, 0.3) is 5.91 Å². The minimum Gasteiger partial charge on any atom is -0.331 e. The minimum absolute atomic E-state index is 0.0973. The summed E-state index contributed by atoms with van der Waals surface area (Å²) in [5, 5.41) is 7.03. The van der Waals surface area contributed by atoms with Crippen molar-refractivity contribution in [1.29, 1.82) is 0 Å². The molecule has 20 heavy (non-hydrogen) atoms. The molecule has 0 radical (unpaired) electrons. The van der Waals surface area contributed by atoms with Gasteiger partial charge in [0.05, 0.1) is 11.3 Å². The Morgan fingerprint density at radius 2 is 2.00 bits per heavy atom. The number of aromatic nitrogens is 2. The number of carbonyl (C=O) groups excluding carboxylic acids is 1. The number of H-pyrrole nitrogens is 1. The third-order valence-electron chi connectivity index (χ3n) is 3.79. The highest BCUT2D eigenvalue weighted by atomic mass is 16.2. The smallest absolute Gasteiger partial charge is 0.258 e. The molecule has 1 aromatic heterocycles. The predicted molar refractivity (Wildman–Crippen MR) is 77.4 cm³/mol. The highest BCUT2D eigenvalue weighted by Gasteiger charge is 2.34. The Bertz CT molecular complexity index is 594. The van der Waals surface area contributed by atoms with Gasteiger partial charge in [0.15, 0.2) is 0 Å². The fraction of sp³-hybridized carbons (Fsp3) is 0.375. The van der Waals surface area contributed by atoms with Gasteiger partial charge < -0.3 is 4.90 Å². The summed E-state index contributed by atoms with van der Waals surface area (Å²) in [7, 11) is 0. The van der Waals surface area contributed by atoms with Gasteiger partial charge in [-0.05, 0) is 32.3 Å². The third-order valence-corrected chi connectivity index (χ3v) is 3.79. The number of aryl methyl sites for hydroxylation is 2. The molecule has 4 heteroatoms. The van der Waals surface area contributed by atoms with Gasteiger partial charge in [-0.3, -0.25) is 9.89 Å². The zero-order valence-corrected chi connectivity index (χ0v) is 11.9. The van der Waals surface area contributed by atoms with Crippen LogP contribution in [0.25, 0.3) is 0 Å². The minimum atomic E-state index is 0.0973. The molecule has 1 heterocycles. The molecule has 2 aromatic rings. The maximum absolute atomic E-state index is 12.8. The Morgan fingerprint density at radius 3 is 2.55 bits per heavy atom. The van der Waals surface area contributed by atoms with Gasteiger partial charge in [0.1, 0.15) is 0 Å². The van der Waals surface area contributed by atoms with Crippen LogP contribution in [0.4, 0.5) is 0 Å². The van der Waals surface area contributed by atoms with Crippen molar-refractivity contribution in [2.75, 3.05) is 0 Å². The van der Waals surface area contributed by atoms with Gasteiger partial charge in [-0.1, -0.05) is 30.3 Å². The van der Waals surface area contributed by atoms with E-state index in [2.05, 4.69) is 22.3 Å². The van der Waals surface area contributed by atoms with E-state index >= 15 is 0 Å². The van der Waals surface area contributed by atoms with Crippen molar-refractivity contribution in [1.82, 2.24) is 15.1 Å². The molecule has 1 amide bonds. The van der Waals surface area contributed by atoms with E-state index in [0.717, 1.165) is 29.8 Å². The maximum atomic E-state index is 12.8. The van der Waals surface area contributed by atoms with Crippen LogP contribution in [-0.2, 0) is 6.54 Å². The van der Waals surface area contributed by atoms with Crippen LogP contribution in [0, 0.1) is 13.8 Å². The van der Waals surface area contributed by atoms with Gasteiger partial charge in [-0.2, -0.15) is 5.10 Å². The molecule has 3 rings (SSSR count). The molecule has 4 nitrogen and oxygen atoms in total. The van der Waals surface area contributed by atoms with E-state index in [1.165, 1.54) is 5.56 Å². The van der Waals surface area contributed by atoms with E-state index in [1.807, 2.05) is 36.9 Å². The van der Waals surface area contributed by atoms with Crippen LogP contribution >= 0.6 is 0 Å². The Morgan fingerprint density at radius 1 is 1.30 bits per heavy atom. The SMILES string of the molecule is Cc1n[nH]c(C)c1C(=O)N(Cc1ccccc1)C1CC1. The summed E-state index contributed by atoms with van der Waals surface area (Å²) in [5.74, 6) is 0.0973. The number of hydrogen-bond acceptors (Lipinski definition) is 2. The number of nitrogens with one attached hydrogen (secondary N) is 1. The fourth-order valence-electron chi connectivity index (χ4n) is 2.54. The van der Waals surface area contributed by atoms with Gasteiger partial charge in [0.2, 0.25) is 0 Å². The van der Waals surface area contributed by atoms with Crippen molar-refractivity contribution in [3.8, 4) is 0 Å². The molecule has 0 spiro atoms. The number of rotatable bonds is 4. The molecule has 104 valence electrons. The molecule has 0 unspecified atom stereocenters. The van der Waals surface area contributed by atoms with Crippen LogP contribution in [-0.4, -0.2) is 27.0 Å². The molecule has 1 aliphatic carbocycles. The second-order valence-electron chi connectivity index (χ2n) is 5.46. The summed E-state index contributed by atoms with van der Waals surface area (Å²) >= 11 is 0. The number of nitrogens with zero attached hydrogens (tertiary/aromatic N) is 2. The van der Waals surface area contributed by atoms with E-state index in [0.29, 0.717) is 12.6 Å². The molecule has 1 N–H and O–H groups in total. The first kappa shape index (κ1) is 12.9. The topological polar surface area (TPSA) is 49.0 Å². The molecule has 1 fully saturated rings. The van der Waals surface area contributed by atoms with Gasteiger partial charge in [-0.25, -0.2) is 0 Å². The summed E-state index contributed by atoms with van der Waals surface area (Å²) in [6.07, 6.45) is 2.21. The number of amides is 1. The Balaban J connectivity index is 1.86. The lowest BCUT2D eigenvalue weighted by molar-refractivity contribution is 0.0728. The van der Waals surface area contributed by atoms with Crippen molar-refractivity contribution in [2.45, 2.75) is 39.3 Å². The van der Waals surface area contributed by atoms with E-state index < -0.39 is 0 Å². The average molecular weight is 269 g/mol. The average Bonchev–Trinajstić information content (AvgIpc) is 3.23. The third kappa shape index (κ3) is 2.46. The molecule has 0 bridgehead atoms. The van der Waals surface area contributed by atoms with Crippen molar-refractivity contribution in [2.24, 2.45) is 0 Å². The molecule has 1 saturated carbocycles. The Kier molecular flexibility index (Phi) is 3.30. The van der Waals surface area contributed by atoms with E-state index in [9.17, 15) is 4.79 Å². The summed E-state index contributed by atoms with van der Waals surface area (Å²) in [6.45, 7) is 4.46. The Labute approximate surface area is 118 Å². The molecule has 0 aliphatic heterocycles. The van der Waals surface area contributed by atoms with Crippen LogP contribution in [0.5, 0.6) is 0 Å². The number of hydrogen-bond donors (Lipinski definition) is 1. The van der Waals surface area contributed by atoms with Crippen LogP contribution in [0.15, 0.2) is 30.3 Å². The second kappa shape index (κ2) is 5.12. The quantitative estimate of drug-likeness (QED) is 0.927. The molecule has 1 aromatic carbocycles. The zero-order chi connectivity index (χ0) is 14.1. The Hall–Kier alpha value is -2.10. The summed E-state index contributed by atoms with van der Waals surface area (Å²) in [4.78, 5) is 14.8. The standard InChI is InChI=1S/C16H19N3O/c1-11-15(12(2)18-17-11)16(20)19(14-8-9-14)10-13-6-4-3-5-7-13/h3-7,14H,8-10H2,1-2H3,(H,17,18). The molecular formula is C16H19N3O. The predicted octanol–water partition coefficient (Wildman–Crippen LogP) is 2.83. The van der Waals surface area contributed by atoms with Crippen LogP contribution < -0.4 is 0 Å². The van der Waals surface area contributed by atoms with Gasteiger partial charge >= 0.3 is 0 Å². The number of benzene rings is 1. The maximum Gasteiger partial charge on any atom is 0.258 e. The van der Waals surface area contributed by atoms with E-state index in [-0.39, 0.29) is 5.91 Å².